The van der Waals surface area contributed by atoms with Crippen LogP contribution in [0.5, 0.6) is 0 Å². The van der Waals surface area contributed by atoms with Crippen molar-refractivity contribution in [3.63, 3.8) is 0 Å². The fourth-order valence-corrected chi connectivity index (χ4v) is 2.70. The number of benzene rings is 1. The van der Waals surface area contributed by atoms with Gasteiger partial charge in [-0.15, -0.1) is 0 Å². The monoisotopic (exact) mass is 274 g/mol. The van der Waals surface area contributed by atoms with Crippen LogP contribution in [0.15, 0.2) is 35.1 Å². The molecule has 1 aliphatic rings. The van der Waals surface area contributed by atoms with Gasteiger partial charge in [-0.05, 0) is 42.9 Å². The molecule has 0 radical (unpaired) electrons. The zero-order valence-corrected chi connectivity index (χ0v) is 11.4. The second-order valence-corrected chi connectivity index (χ2v) is 5.32. The van der Waals surface area contributed by atoms with Crippen molar-refractivity contribution < 1.29 is 0 Å². The fourth-order valence-electron chi connectivity index (χ4n) is 2.50. The number of hydrogen-bond donors (Lipinski definition) is 0. The van der Waals surface area contributed by atoms with E-state index < -0.39 is 0 Å². The zero-order chi connectivity index (χ0) is 13.2. The number of rotatable bonds is 2. The topological polar surface area (TPSA) is 34.9 Å². The minimum Gasteiger partial charge on any atom is -0.268 e. The molecule has 1 aliphatic carbocycles. The lowest BCUT2D eigenvalue weighted by Gasteiger charge is -2.16. The summed E-state index contributed by atoms with van der Waals surface area (Å²) < 4.78 is 1.52. The van der Waals surface area contributed by atoms with Gasteiger partial charge in [-0.25, -0.2) is 4.68 Å². The third-order valence-corrected chi connectivity index (χ3v) is 3.92. The van der Waals surface area contributed by atoms with Gasteiger partial charge in [-0.2, -0.15) is 5.10 Å². The molecule has 0 N–H and O–H groups in total. The van der Waals surface area contributed by atoms with E-state index in [1.165, 1.54) is 4.68 Å². The van der Waals surface area contributed by atoms with E-state index in [1.54, 1.807) is 6.07 Å². The molecular formula is C15H15ClN2O. The van der Waals surface area contributed by atoms with Gasteiger partial charge < -0.3 is 0 Å². The summed E-state index contributed by atoms with van der Waals surface area (Å²) >= 11 is 6.13. The summed E-state index contributed by atoms with van der Waals surface area (Å²) in [7, 11) is 0. The Morgan fingerprint density at radius 1 is 1.21 bits per heavy atom. The molecule has 0 atom stereocenters. The molecule has 4 heteroatoms. The maximum absolute atomic E-state index is 12.1. The van der Waals surface area contributed by atoms with Gasteiger partial charge in [-0.1, -0.05) is 29.8 Å². The summed E-state index contributed by atoms with van der Waals surface area (Å²) in [6.07, 6.45) is 4.26. The predicted octanol–water partition coefficient (Wildman–Crippen LogP) is 2.82. The minimum atomic E-state index is -0.0411. The number of aromatic nitrogens is 2. The molecule has 1 heterocycles. The zero-order valence-electron chi connectivity index (χ0n) is 10.6. The average molecular weight is 275 g/mol. The van der Waals surface area contributed by atoms with Gasteiger partial charge in [0.25, 0.3) is 5.56 Å². The Bertz CT molecular complexity index is 663. The van der Waals surface area contributed by atoms with Gasteiger partial charge in [0.05, 0.1) is 12.2 Å². The predicted molar refractivity (Wildman–Crippen MR) is 75.7 cm³/mol. The third kappa shape index (κ3) is 2.56. The van der Waals surface area contributed by atoms with Crippen molar-refractivity contribution in [2.75, 3.05) is 0 Å². The van der Waals surface area contributed by atoms with E-state index in [-0.39, 0.29) is 5.56 Å². The van der Waals surface area contributed by atoms with Gasteiger partial charge in [0.2, 0.25) is 0 Å². The van der Waals surface area contributed by atoms with Crippen molar-refractivity contribution in [3.05, 3.63) is 62.5 Å². The quantitative estimate of drug-likeness (QED) is 0.844. The second-order valence-electron chi connectivity index (χ2n) is 4.91. The van der Waals surface area contributed by atoms with Crippen LogP contribution in [0.3, 0.4) is 0 Å². The van der Waals surface area contributed by atoms with Crippen molar-refractivity contribution >= 4 is 11.6 Å². The third-order valence-electron chi connectivity index (χ3n) is 3.55. The van der Waals surface area contributed by atoms with Crippen LogP contribution >= 0.6 is 11.6 Å². The van der Waals surface area contributed by atoms with E-state index in [0.717, 1.165) is 42.5 Å². The van der Waals surface area contributed by atoms with Crippen LogP contribution in [-0.4, -0.2) is 9.78 Å². The lowest BCUT2D eigenvalue weighted by atomic mass is 9.97. The van der Waals surface area contributed by atoms with E-state index in [2.05, 4.69) is 5.10 Å². The van der Waals surface area contributed by atoms with E-state index >= 15 is 0 Å². The molecule has 19 heavy (non-hydrogen) atoms. The van der Waals surface area contributed by atoms with Crippen LogP contribution in [0.25, 0.3) is 0 Å². The summed E-state index contributed by atoms with van der Waals surface area (Å²) in [6, 6.07) is 9.30. The van der Waals surface area contributed by atoms with Crippen LogP contribution in [0.1, 0.15) is 29.7 Å². The molecule has 3 rings (SSSR count). The standard InChI is InChI=1S/C15H15ClN2O/c16-13-7-3-1-6-12(13)10-18-15(19)9-11-5-2-4-8-14(11)17-18/h1,3,6-7,9H,2,4-5,8,10H2. The van der Waals surface area contributed by atoms with Crippen LogP contribution in [-0.2, 0) is 19.4 Å². The molecule has 0 unspecified atom stereocenters. The van der Waals surface area contributed by atoms with Crippen LogP contribution in [0, 0.1) is 0 Å². The van der Waals surface area contributed by atoms with E-state index in [0.29, 0.717) is 11.6 Å². The van der Waals surface area contributed by atoms with E-state index in [4.69, 9.17) is 11.6 Å². The summed E-state index contributed by atoms with van der Waals surface area (Å²) in [6.45, 7) is 0.436. The summed E-state index contributed by atoms with van der Waals surface area (Å²) in [5.41, 5.74) is 3.07. The molecule has 2 aromatic rings. The Balaban J connectivity index is 1.97. The summed E-state index contributed by atoms with van der Waals surface area (Å²) in [4.78, 5) is 12.1. The maximum Gasteiger partial charge on any atom is 0.267 e. The number of aryl methyl sites for hydroxylation is 2. The summed E-state index contributed by atoms with van der Waals surface area (Å²) in [5, 5.41) is 5.17. The number of halogens is 1. The number of hydrogen-bond acceptors (Lipinski definition) is 2. The van der Waals surface area contributed by atoms with E-state index in [9.17, 15) is 4.79 Å². The van der Waals surface area contributed by atoms with Crippen molar-refractivity contribution in [2.24, 2.45) is 0 Å². The SMILES string of the molecule is O=c1cc2c(nn1Cc1ccccc1Cl)CCCC2. The van der Waals surface area contributed by atoms with Crippen LogP contribution in [0.2, 0.25) is 5.02 Å². The fraction of sp³-hybridized carbons (Fsp3) is 0.333. The first-order chi connectivity index (χ1) is 9.24. The Hall–Kier alpha value is -1.61. The van der Waals surface area contributed by atoms with Gasteiger partial charge >= 0.3 is 0 Å². The largest absolute Gasteiger partial charge is 0.268 e. The van der Waals surface area contributed by atoms with Crippen molar-refractivity contribution in [1.82, 2.24) is 9.78 Å². The minimum absolute atomic E-state index is 0.0411. The molecule has 1 aromatic heterocycles. The normalized spacial score (nSPS) is 14.2. The molecule has 0 bridgehead atoms. The lowest BCUT2D eigenvalue weighted by Crippen LogP contribution is -2.26. The van der Waals surface area contributed by atoms with Gasteiger partial charge in [0, 0.05) is 11.1 Å². The Morgan fingerprint density at radius 2 is 2.00 bits per heavy atom. The van der Waals surface area contributed by atoms with Gasteiger partial charge in [-0.3, -0.25) is 4.79 Å². The molecular weight excluding hydrogens is 260 g/mol. The molecule has 0 saturated heterocycles. The average Bonchev–Trinajstić information content (AvgIpc) is 2.42. The Kier molecular flexibility index (Phi) is 3.38. The Labute approximate surface area is 116 Å². The highest BCUT2D eigenvalue weighted by atomic mass is 35.5. The molecule has 0 aliphatic heterocycles. The molecule has 1 aromatic carbocycles. The van der Waals surface area contributed by atoms with Crippen molar-refractivity contribution in [1.29, 1.82) is 0 Å². The molecule has 98 valence electrons. The summed E-state index contributed by atoms with van der Waals surface area (Å²) in [5.74, 6) is 0. The smallest absolute Gasteiger partial charge is 0.267 e. The van der Waals surface area contributed by atoms with Crippen LogP contribution < -0.4 is 5.56 Å². The lowest BCUT2D eigenvalue weighted by molar-refractivity contribution is 0.574. The first-order valence-electron chi connectivity index (χ1n) is 6.57. The van der Waals surface area contributed by atoms with Gasteiger partial charge in [0.1, 0.15) is 0 Å². The number of nitrogens with zero attached hydrogens (tertiary/aromatic N) is 2. The highest BCUT2D eigenvalue weighted by molar-refractivity contribution is 6.31. The Morgan fingerprint density at radius 3 is 2.84 bits per heavy atom. The van der Waals surface area contributed by atoms with Crippen molar-refractivity contribution in [2.45, 2.75) is 32.2 Å². The first kappa shape index (κ1) is 12.4. The highest BCUT2D eigenvalue weighted by Crippen LogP contribution is 2.18. The number of fused-ring (bicyclic) bond motifs is 1. The second kappa shape index (κ2) is 5.17. The molecule has 0 saturated carbocycles. The van der Waals surface area contributed by atoms with Crippen LogP contribution in [0.4, 0.5) is 0 Å². The molecule has 0 amide bonds. The highest BCUT2D eigenvalue weighted by Gasteiger charge is 2.13. The molecule has 0 fully saturated rings. The first-order valence-corrected chi connectivity index (χ1v) is 6.95. The molecule has 0 spiro atoms. The van der Waals surface area contributed by atoms with E-state index in [1.807, 2.05) is 24.3 Å². The molecule has 3 nitrogen and oxygen atoms in total. The maximum atomic E-state index is 12.1. The van der Waals surface area contributed by atoms with Gasteiger partial charge in [0.15, 0.2) is 0 Å². The van der Waals surface area contributed by atoms with Crippen molar-refractivity contribution in [3.8, 4) is 0 Å².